The second kappa shape index (κ2) is 10.8. The van der Waals surface area contributed by atoms with Crippen molar-refractivity contribution >= 4 is 41.0 Å². The van der Waals surface area contributed by atoms with Gasteiger partial charge in [0.25, 0.3) is 0 Å². The van der Waals surface area contributed by atoms with Gasteiger partial charge in [0.2, 0.25) is 0 Å². The number of para-hydroxylation sites is 2. The van der Waals surface area contributed by atoms with Gasteiger partial charge < -0.3 is 20.4 Å². The predicted octanol–water partition coefficient (Wildman–Crippen LogP) is 4.58. The number of aromatic nitrogens is 2. The first kappa shape index (κ1) is 23.3. The van der Waals surface area contributed by atoms with Crippen LogP contribution < -0.4 is 15.4 Å². The Morgan fingerprint density at radius 1 is 1.29 bits per heavy atom. The Kier molecular flexibility index (Phi) is 8.11. The van der Waals surface area contributed by atoms with Gasteiger partial charge in [0.05, 0.1) is 23.7 Å². The lowest BCUT2D eigenvalue weighted by molar-refractivity contribution is 0.285. The molecule has 1 aromatic heterocycles. The Hall–Kier alpha value is -2.36. The number of ether oxygens (including phenoxy) is 1. The Morgan fingerprint density at radius 2 is 2.10 bits per heavy atom. The van der Waals surface area contributed by atoms with Crippen molar-refractivity contribution in [1.82, 2.24) is 20.6 Å². The maximum absolute atomic E-state index is 14.4. The number of H-pyrrole nitrogens is 1. The molecule has 1 saturated carbocycles. The van der Waals surface area contributed by atoms with Crippen molar-refractivity contribution in [3.8, 4) is 5.75 Å². The normalized spacial score (nSPS) is 14.7. The second-order valence-electron chi connectivity index (χ2n) is 7.76. The summed E-state index contributed by atoms with van der Waals surface area (Å²) in [7, 11) is 1.72. The number of nitrogens with one attached hydrogen (secondary N) is 3. The molecule has 1 unspecified atom stereocenters. The molecule has 1 aliphatic carbocycles. The van der Waals surface area contributed by atoms with E-state index in [2.05, 4.69) is 25.6 Å². The molecule has 0 saturated heterocycles. The van der Waals surface area contributed by atoms with Gasteiger partial charge in [-0.1, -0.05) is 18.2 Å². The molecule has 0 aliphatic heterocycles. The summed E-state index contributed by atoms with van der Waals surface area (Å²) in [5, 5.41) is 6.59. The van der Waals surface area contributed by atoms with Crippen molar-refractivity contribution in [3.05, 3.63) is 59.7 Å². The number of halogens is 2. The molecule has 0 amide bonds. The molecule has 0 radical (unpaired) electrons. The average Bonchev–Trinajstić information content (AvgIpc) is 3.49. The molecule has 3 N–H and O–H groups in total. The van der Waals surface area contributed by atoms with Crippen LogP contribution in [0.5, 0.6) is 5.75 Å². The Labute approximate surface area is 199 Å². The lowest BCUT2D eigenvalue weighted by Gasteiger charge is -2.19. The molecule has 2 aromatic carbocycles. The van der Waals surface area contributed by atoms with Gasteiger partial charge >= 0.3 is 0 Å². The van der Waals surface area contributed by atoms with E-state index in [0.717, 1.165) is 28.8 Å². The highest BCUT2D eigenvalue weighted by molar-refractivity contribution is 14.0. The Balaban J connectivity index is 0.00000272. The summed E-state index contributed by atoms with van der Waals surface area (Å²) in [6, 6.07) is 13.0. The Morgan fingerprint density at radius 3 is 2.81 bits per heavy atom. The standard InChI is InChI=1S/C23H28FN5O.HI/c1-15(17-9-10-21(18(24)13-17)30-14-16-7-8-16)27-23(25-2)26-12-11-22-28-19-5-3-4-6-20(19)29-22;/h3-6,9-10,13,15-16H,7-8,11-12,14H2,1-2H3,(H,28,29)(H2,25,26,27);1H. The molecule has 0 spiro atoms. The highest BCUT2D eigenvalue weighted by Gasteiger charge is 2.22. The van der Waals surface area contributed by atoms with E-state index in [4.69, 9.17) is 4.74 Å². The van der Waals surface area contributed by atoms with Gasteiger partial charge in [0, 0.05) is 20.0 Å². The first-order chi connectivity index (χ1) is 14.6. The van der Waals surface area contributed by atoms with Crippen LogP contribution >= 0.6 is 24.0 Å². The van der Waals surface area contributed by atoms with Crippen LogP contribution in [0.3, 0.4) is 0 Å². The quantitative estimate of drug-likeness (QED) is 0.224. The molecular weight excluding hydrogens is 508 g/mol. The van der Waals surface area contributed by atoms with Crippen molar-refractivity contribution in [2.75, 3.05) is 20.2 Å². The summed E-state index contributed by atoms with van der Waals surface area (Å²) >= 11 is 0. The van der Waals surface area contributed by atoms with Gasteiger partial charge in [-0.15, -0.1) is 24.0 Å². The van der Waals surface area contributed by atoms with Crippen molar-refractivity contribution in [3.63, 3.8) is 0 Å². The van der Waals surface area contributed by atoms with E-state index in [1.54, 1.807) is 13.1 Å². The second-order valence-corrected chi connectivity index (χ2v) is 7.76. The number of guanidine groups is 1. The third kappa shape index (κ3) is 6.32. The first-order valence-electron chi connectivity index (χ1n) is 10.5. The van der Waals surface area contributed by atoms with E-state index in [-0.39, 0.29) is 35.8 Å². The molecule has 0 bridgehead atoms. The molecule has 3 aromatic rings. The van der Waals surface area contributed by atoms with Crippen molar-refractivity contribution < 1.29 is 9.13 Å². The van der Waals surface area contributed by atoms with E-state index in [1.165, 1.54) is 18.9 Å². The van der Waals surface area contributed by atoms with Crippen LogP contribution in [-0.4, -0.2) is 36.1 Å². The summed E-state index contributed by atoms with van der Waals surface area (Å²) in [5.74, 6) is 2.18. The number of nitrogens with zero attached hydrogens (tertiary/aromatic N) is 2. The number of aliphatic imine (C=N–C) groups is 1. The SMILES string of the molecule is CN=C(NCCc1nc2ccccc2[nH]1)NC(C)c1ccc(OCC2CC2)c(F)c1.I. The van der Waals surface area contributed by atoms with Crippen LogP contribution in [0.25, 0.3) is 11.0 Å². The van der Waals surface area contributed by atoms with Gasteiger partial charge in [0.1, 0.15) is 5.82 Å². The lowest BCUT2D eigenvalue weighted by atomic mass is 10.1. The first-order valence-corrected chi connectivity index (χ1v) is 10.5. The molecule has 1 heterocycles. The number of hydrogen-bond acceptors (Lipinski definition) is 3. The van der Waals surface area contributed by atoms with E-state index in [1.807, 2.05) is 37.3 Å². The number of aromatic amines is 1. The highest BCUT2D eigenvalue weighted by atomic mass is 127. The number of hydrogen-bond donors (Lipinski definition) is 3. The zero-order chi connectivity index (χ0) is 20.9. The molecular formula is C23H29FIN5O. The van der Waals surface area contributed by atoms with Crippen LogP contribution in [0.1, 0.15) is 37.2 Å². The van der Waals surface area contributed by atoms with Crippen LogP contribution in [0, 0.1) is 11.7 Å². The van der Waals surface area contributed by atoms with Gasteiger partial charge in [0.15, 0.2) is 17.5 Å². The summed E-state index contributed by atoms with van der Waals surface area (Å²) < 4.78 is 19.9. The third-order valence-electron chi connectivity index (χ3n) is 5.30. The zero-order valence-electron chi connectivity index (χ0n) is 17.8. The largest absolute Gasteiger partial charge is 0.490 e. The molecule has 1 atom stereocenters. The summed E-state index contributed by atoms with van der Waals surface area (Å²) in [6.45, 7) is 3.26. The third-order valence-corrected chi connectivity index (χ3v) is 5.30. The summed E-state index contributed by atoms with van der Waals surface area (Å²) in [6.07, 6.45) is 3.11. The molecule has 1 fully saturated rings. The van der Waals surface area contributed by atoms with Crippen LogP contribution in [0.15, 0.2) is 47.5 Å². The van der Waals surface area contributed by atoms with Gasteiger partial charge in [-0.2, -0.15) is 0 Å². The van der Waals surface area contributed by atoms with Crippen molar-refractivity contribution in [1.29, 1.82) is 0 Å². The molecule has 1 aliphatic rings. The summed E-state index contributed by atoms with van der Waals surface area (Å²) in [4.78, 5) is 12.2. The highest BCUT2D eigenvalue weighted by Crippen LogP contribution is 2.30. The maximum atomic E-state index is 14.4. The minimum Gasteiger partial charge on any atom is -0.490 e. The van der Waals surface area contributed by atoms with Crippen LogP contribution in [0.2, 0.25) is 0 Å². The molecule has 166 valence electrons. The fourth-order valence-corrected chi connectivity index (χ4v) is 3.30. The van der Waals surface area contributed by atoms with Gasteiger partial charge in [-0.25, -0.2) is 9.37 Å². The number of rotatable bonds is 8. The molecule has 31 heavy (non-hydrogen) atoms. The fraction of sp³-hybridized carbons (Fsp3) is 0.391. The smallest absolute Gasteiger partial charge is 0.191 e. The van der Waals surface area contributed by atoms with Crippen LogP contribution in [0.4, 0.5) is 4.39 Å². The predicted molar refractivity (Wildman–Crippen MR) is 133 cm³/mol. The van der Waals surface area contributed by atoms with Crippen LogP contribution in [-0.2, 0) is 6.42 Å². The zero-order valence-corrected chi connectivity index (χ0v) is 20.2. The fourth-order valence-electron chi connectivity index (χ4n) is 3.30. The topological polar surface area (TPSA) is 74.3 Å². The maximum Gasteiger partial charge on any atom is 0.191 e. The Bertz CT molecular complexity index is 1000. The minimum atomic E-state index is -0.324. The number of benzene rings is 2. The van der Waals surface area contributed by atoms with E-state index < -0.39 is 0 Å². The van der Waals surface area contributed by atoms with E-state index in [9.17, 15) is 4.39 Å². The average molecular weight is 537 g/mol. The minimum absolute atomic E-state index is 0. The van der Waals surface area contributed by atoms with Crippen molar-refractivity contribution in [2.45, 2.75) is 32.2 Å². The monoisotopic (exact) mass is 537 g/mol. The molecule has 4 rings (SSSR count). The van der Waals surface area contributed by atoms with Gasteiger partial charge in [-0.05, 0) is 55.5 Å². The number of imidazole rings is 1. The molecule has 6 nitrogen and oxygen atoms in total. The lowest BCUT2D eigenvalue weighted by Crippen LogP contribution is -2.39. The molecule has 8 heteroatoms. The van der Waals surface area contributed by atoms with Gasteiger partial charge in [-0.3, -0.25) is 4.99 Å². The van der Waals surface area contributed by atoms with E-state index in [0.29, 0.717) is 30.8 Å². The van der Waals surface area contributed by atoms with E-state index >= 15 is 0 Å². The number of fused-ring (bicyclic) bond motifs is 1. The summed E-state index contributed by atoms with van der Waals surface area (Å²) in [5.41, 5.74) is 2.84. The van der Waals surface area contributed by atoms with Crippen molar-refractivity contribution in [2.24, 2.45) is 10.9 Å².